The molecule has 0 saturated heterocycles. The molecular weight excluding hydrogens is 478 g/mol. The normalized spacial score (nSPS) is 14.6. The molecule has 38 heavy (non-hydrogen) atoms. The van der Waals surface area contributed by atoms with Crippen molar-refractivity contribution in [3.63, 3.8) is 0 Å². The minimum Gasteiger partial charge on any atom is -0.497 e. The van der Waals surface area contributed by atoms with Gasteiger partial charge >= 0.3 is 0 Å². The molecule has 4 aromatic rings. The highest BCUT2D eigenvalue weighted by Crippen LogP contribution is 2.44. The number of hydrogen-bond acceptors (Lipinski definition) is 5. The summed E-state index contributed by atoms with van der Waals surface area (Å²) in [6, 6.07) is 23.3. The number of benzene rings is 3. The van der Waals surface area contributed by atoms with Gasteiger partial charge in [0.1, 0.15) is 22.9 Å². The summed E-state index contributed by atoms with van der Waals surface area (Å²) >= 11 is 0. The van der Waals surface area contributed by atoms with Gasteiger partial charge in [0.25, 0.3) is 5.91 Å². The van der Waals surface area contributed by atoms with Crippen molar-refractivity contribution in [2.75, 3.05) is 20.8 Å². The molecule has 5 rings (SSSR count). The lowest BCUT2D eigenvalue weighted by Crippen LogP contribution is -2.29. The van der Waals surface area contributed by atoms with Gasteiger partial charge in [0.15, 0.2) is 0 Å². The number of nitrogens with one attached hydrogen (secondary N) is 1. The van der Waals surface area contributed by atoms with Crippen LogP contribution < -0.4 is 14.2 Å². The minimum absolute atomic E-state index is 0.0784. The van der Waals surface area contributed by atoms with E-state index in [1.54, 1.807) is 14.2 Å². The Kier molecular flexibility index (Phi) is 7.36. The molecule has 1 unspecified atom stereocenters. The second-order valence-corrected chi connectivity index (χ2v) is 9.87. The van der Waals surface area contributed by atoms with Crippen LogP contribution in [-0.2, 0) is 6.54 Å². The van der Waals surface area contributed by atoms with Crippen molar-refractivity contribution >= 4 is 5.91 Å². The van der Waals surface area contributed by atoms with Crippen molar-refractivity contribution in [1.82, 2.24) is 15.1 Å². The number of aromatic amines is 1. The van der Waals surface area contributed by atoms with E-state index in [-0.39, 0.29) is 11.9 Å². The number of H-pyrrole nitrogens is 1. The smallest absolute Gasteiger partial charge is 0.273 e. The number of carbonyl (C=O) groups excluding carboxylic acids is 1. The van der Waals surface area contributed by atoms with Gasteiger partial charge in [0, 0.05) is 17.7 Å². The number of carbonyl (C=O) groups is 1. The van der Waals surface area contributed by atoms with Crippen molar-refractivity contribution < 1.29 is 19.0 Å². The molecule has 7 heteroatoms. The van der Waals surface area contributed by atoms with Crippen LogP contribution in [0.4, 0.5) is 0 Å². The van der Waals surface area contributed by atoms with Gasteiger partial charge in [-0.25, -0.2) is 0 Å². The second-order valence-electron chi connectivity index (χ2n) is 9.87. The molecule has 0 spiro atoms. The number of methoxy groups -OCH3 is 2. The van der Waals surface area contributed by atoms with Gasteiger partial charge in [-0.3, -0.25) is 9.89 Å². The zero-order valence-electron chi connectivity index (χ0n) is 22.2. The molecule has 1 amide bonds. The summed E-state index contributed by atoms with van der Waals surface area (Å²) in [5.74, 6) is 2.87. The lowest BCUT2D eigenvalue weighted by atomic mass is 9.95. The zero-order valence-corrected chi connectivity index (χ0v) is 22.2. The molecule has 1 aromatic heterocycles. The van der Waals surface area contributed by atoms with Crippen LogP contribution in [0.5, 0.6) is 17.2 Å². The average Bonchev–Trinajstić information content (AvgIpc) is 3.48. The quantitative estimate of drug-likeness (QED) is 0.272. The number of amides is 1. The average molecular weight is 512 g/mol. The fourth-order valence-corrected chi connectivity index (χ4v) is 4.76. The van der Waals surface area contributed by atoms with Crippen molar-refractivity contribution in [2.24, 2.45) is 5.92 Å². The highest BCUT2D eigenvalue weighted by Gasteiger charge is 2.42. The highest BCUT2D eigenvalue weighted by molar-refractivity contribution is 6.00. The molecule has 0 aliphatic carbocycles. The third kappa shape index (κ3) is 5.09. The van der Waals surface area contributed by atoms with Crippen molar-refractivity contribution in [2.45, 2.75) is 32.9 Å². The zero-order chi connectivity index (χ0) is 26.6. The maximum atomic E-state index is 13.7. The Balaban J connectivity index is 1.51. The van der Waals surface area contributed by atoms with Gasteiger partial charge < -0.3 is 19.1 Å². The van der Waals surface area contributed by atoms with Crippen LogP contribution in [-0.4, -0.2) is 41.8 Å². The fraction of sp³-hybridized carbons (Fsp3) is 0.290. The SMILES string of the molecule is COc1ccc(CN2C(=O)c3[nH]nc(-c4ccc(OC)cc4)c3C2c2ccc(OCCC(C)C)cc2)cc1. The van der Waals surface area contributed by atoms with Crippen molar-refractivity contribution in [3.05, 3.63) is 95.2 Å². The largest absolute Gasteiger partial charge is 0.497 e. The van der Waals surface area contributed by atoms with E-state index in [0.717, 1.165) is 51.6 Å². The van der Waals surface area contributed by atoms with Crippen LogP contribution in [0.25, 0.3) is 11.3 Å². The lowest BCUT2D eigenvalue weighted by molar-refractivity contribution is 0.0730. The van der Waals surface area contributed by atoms with Gasteiger partial charge in [-0.15, -0.1) is 0 Å². The van der Waals surface area contributed by atoms with Gasteiger partial charge in [0.2, 0.25) is 0 Å². The topological polar surface area (TPSA) is 76.7 Å². The van der Waals surface area contributed by atoms with Crippen LogP contribution in [0.2, 0.25) is 0 Å². The van der Waals surface area contributed by atoms with E-state index in [1.807, 2.05) is 77.7 Å². The van der Waals surface area contributed by atoms with Crippen LogP contribution in [0.3, 0.4) is 0 Å². The van der Waals surface area contributed by atoms with E-state index >= 15 is 0 Å². The van der Waals surface area contributed by atoms with Crippen LogP contribution in [0.1, 0.15) is 53.5 Å². The third-order valence-corrected chi connectivity index (χ3v) is 6.90. The Morgan fingerprint density at radius 3 is 2.08 bits per heavy atom. The maximum Gasteiger partial charge on any atom is 0.273 e. The molecule has 0 radical (unpaired) electrons. The molecular formula is C31H33N3O4. The Bertz CT molecular complexity index is 1380. The summed E-state index contributed by atoms with van der Waals surface area (Å²) in [6.45, 7) is 5.49. The van der Waals surface area contributed by atoms with E-state index in [2.05, 4.69) is 24.0 Å². The summed E-state index contributed by atoms with van der Waals surface area (Å²) in [5, 5.41) is 7.60. The van der Waals surface area contributed by atoms with E-state index < -0.39 is 0 Å². The number of rotatable bonds is 10. The molecule has 7 nitrogen and oxygen atoms in total. The summed E-state index contributed by atoms with van der Waals surface area (Å²) in [6.07, 6.45) is 0.998. The number of aromatic nitrogens is 2. The molecule has 1 N–H and O–H groups in total. The Morgan fingerprint density at radius 1 is 0.868 bits per heavy atom. The summed E-state index contributed by atoms with van der Waals surface area (Å²) in [5.41, 5.74) is 5.09. The first-order valence-corrected chi connectivity index (χ1v) is 12.9. The Labute approximate surface area is 223 Å². The van der Waals surface area contributed by atoms with Crippen LogP contribution >= 0.6 is 0 Å². The summed E-state index contributed by atoms with van der Waals surface area (Å²) < 4.78 is 16.6. The van der Waals surface area contributed by atoms with Gasteiger partial charge in [-0.05, 0) is 72.0 Å². The predicted molar refractivity (Wildman–Crippen MR) is 147 cm³/mol. The van der Waals surface area contributed by atoms with Gasteiger partial charge in [0.05, 0.1) is 32.6 Å². The number of hydrogen-bond donors (Lipinski definition) is 1. The fourth-order valence-electron chi connectivity index (χ4n) is 4.76. The monoisotopic (exact) mass is 511 g/mol. The molecule has 196 valence electrons. The minimum atomic E-state index is -0.305. The molecule has 3 aromatic carbocycles. The molecule has 0 bridgehead atoms. The van der Waals surface area contributed by atoms with Crippen LogP contribution in [0.15, 0.2) is 72.8 Å². The molecule has 0 saturated carbocycles. The first kappa shape index (κ1) is 25.4. The first-order valence-electron chi connectivity index (χ1n) is 12.9. The number of ether oxygens (including phenoxy) is 3. The van der Waals surface area contributed by atoms with Crippen LogP contribution in [0, 0.1) is 5.92 Å². The predicted octanol–water partition coefficient (Wildman–Crippen LogP) is 6.26. The summed E-state index contributed by atoms with van der Waals surface area (Å²) in [7, 11) is 3.29. The van der Waals surface area contributed by atoms with E-state index in [0.29, 0.717) is 24.8 Å². The first-order chi connectivity index (χ1) is 18.5. The second kappa shape index (κ2) is 11.0. The summed E-state index contributed by atoms with van der Waals surface area (Å²) in [4.78, 5) is 15.6. The standard InChI is InChI=1S/C31H33N3O4/c1-20(2)17-18-38-26-15-9-23(10-16-26)30-27-28(22-7-13-25(37-4)14-8-22)32-33-29(27)31(35)34(30)19-21-5-11-24(36-3)12-6-21/h5-16,20,30H,17-19H2,1-4H3,(H,32,33). The van der Waals surface area contributed by atoms with Crippen molar-refractivity contribution in [1.29, 1.82) is 0 Å². The third-order valence-electron chi connectivity index (χ3n) is 6.90. The lowest BCUT2D eigenvalue weighted by Gasteiger charge is -2.27. The van der Waals surface area contributed by atoms with E-state index in [1.165, 1.54) is 0 Å². The Morgan fingerprint density at radius 2 is 1.47 bits per heavy atom. The van der Waals surface area contributed by atoms with E-state index in [4.69, 9.17) is 14.2 Å². The molecule has 1 aliphatic heterocycles. The van der Waals surface area contributed by atoms with E-state index in [9.17, 15) is 4.79 Å². The highest BCUT2D eigenvalue weighted by atomic mass is 16.5. The molecule has 2 heterocycles. The number of nitrogens with zero attached hydrogens (tertiary/aromatic N) is 2. The molecule has 0 fully saturated rings. The maximum absolute atomic E-state index is 13.7. The Hall–Kier alpha value is -4.26. The molecule has 1 aliphatic rings. The number of fused-ring (bicyclic) bond motifs is 1. The van der Waals surface area contributed by atoms with Gasteiger partial charge in [-0.1, -0.05) is 38.1 Å². The van der Waals surface area contributed by atoms with Crippen molar-refractivity contribution in [3.8, 4) is 28.5 Å². The molecule has 1 atom stereocenters. The van der Waals surface area contributed by atoms with Gasteiger partial charge in [-0.2, -0.15) is 5.10 Å².